The highest BCUT2D eigenvalue weighted by Gasteiger charge is 2.38. The second kappa shape index (κ2) is 9.16. The van der Waals surface area contributed by atoms with E-state index in [4.69, 9.17) is 4.99 Å². The number of nitrogens with zero attached hydrogens (tertiary/aromatic N) is 3. The first kappa shape index (κ1) is 23.5. The zero-order chi connectivity index (χ0) is 26.2. The van der Waals surface area contributed by atoms with Crippen LogP contribution in [0.15, 0.2) is 65.7 Å². The summed E-state index contributed by atoms with van der Waals surface area (Å²) >= 11 is 0. The third-order valence-corrected chi connectivity index (χ3v) is 10.4. The fraction of sp³-hybridized carbons (Fsp3) is 0.441. The van der Waals surface area contributed by atoms with Crippen molar-refractivity contribution in [2.45, 2.75) is 68.7 Å². The quantitative estimate of drug-likeness (QED) is 0.275. The van der Waals surface area contributed by atoms with E-state index >= 15 is 0 Å². The first-order valence-corrected chi connectivity index (χ1v) is 15.6. The molecule has 6 nitrogen and oxygen atoms in total. The van der Waals surface area contributed by atoms with Gasteiger partial charge in [0.15, 0.2) is 0 Å². The number of rotatable bonds is 2. The molecule has 204 valence electrons. The first-order valence-electron chi connectivity index (χ1n) is 15.6. The lowest BCUT2D eigenvalue weighted by Crippen LogP contribution is -2.59. The van der Waals surface area contributed by atoms with Gasteiger partial charge in [-0.05, 0) is 82.4 Å². The minimum Gasteiger partial charge on any atom is -0.336 e. The average molecular weight is 531 g/mol. The maximum absolute atomic E-state index is 4.98. The predicted octanol–water partition coefficient (Wildman–Crippen LogP) is 5.70. The van der Waals surface area contributed by atoms with Crippen molar-refractivity contribution in [1.29, 1.82) is 0 Å². The van der Waals surface area contributed by atoms with E-state index in [0.717, 1.165) is 45.4 Å². The van der Waals surface area contributed by atoms with Crippen molar-refractivity contribution in [2.24, 2.45) is 4.99 Å². The van der Waals surface area contributed by atoms with Crippen molar-refractivity contribution in [3.8, 4) is 0 Å². The van der Waals surface area contributed by atoms with Crippen LogP contribution < -0.4 is 16.0 Å². The minimum atomic E-state index is 0.336. The van der Waals surface area contributed by atoms with Gasteiger partial charge in [0.2, 0.25) is 0 Å². The van der Waals surface area contributed by atoms with Crippen LogP contribution in [0.25, 0.3) is 43.6 Å². The standard InChI is InChI=1S/C34H38N6/c1-3-11-25-21(7-1)31-27(39(25)29-15-19-35-23-9-5-17-37-33(23)29)13-14-28-32(31)22-8-2-4-12-26(22)40(28)30-16-20-36-24-10-6-18-38-34(24)30/h1-4,7-8,11-14,23,29-30,33-35,37-38H,5-6,9-10,15-20H2. The van der Waals surface area contributed by atoms with E-state index in [1.807, 2.05) is 0 Å². The zero-order valence-corrected chi connectivity index (χ0v) is 23.1. The second-order valence-corrected chi connectivity index (χ2v) is 12.4. The Morgan fingerprint density at radius 1 is 0.625 bits per heavy atom. The molecule has 5 atom stereocenters. The van der Waals surface area contributed by atoms with Crippen molar-refractivity contribution in [3.05, 3.63) is 60.7 Å². The van der Waals surface area contributed by atoms with Gasteiger partial charge in [-0.15, -0.1) is 0 Å². The first-order chi connectivity index (χ1) is 19.9. The van der Waals surface area contributed by atoms with E-state index in [2.05, 4.69) is 85.7 Å². The molecular weight excluding hydrogens is 492 g/mol. The number of para-hydroxylation sites is 2. The molecule has 6 heterocycles. The Morgan fingerprint density at radius 2 is 1.32 bits per heavy atom. The van der Waals surface area contributed by atoms with Gasteiger partial charge in [-0.1, -0.05) is 36.4 Å². The van der Waals surface area contributed by atoms with Gasteiger partial charge >= 0.3 is 0 Å². The molecule has 3 aromatic carbocycles. The van der Waals surface area contributed by atoms with E-state index in [1.165, 1.54) is 68.6 Å². The van der Waals surface area contributed by atoms with Crippen LogP contribution in [0.3, 0.4) is 0 Å². The average Bonchev–Trinajstić information content (AvgIpc) is 3.53. The van der Waals surface area contributed by atoms with E-state index in [9.17, 15) is 0 Å². The molecule has 0 radical (unpaired) electrons. The van der Waals surface area contributed by atoms with Gasteiger partial charge in [-0.25, -0.2) is 0 Å². The van der Waals surface area contributed by atoms with E-state index < -0.39 is 0 Å². The number of piperidine rings is 3. The highest BCUT2D eigenvalue weighted by molar-refractivity contribution is 6.28. The molecule has 4 aliphatic heterocycles. The number of hydrogen-bond donors (Lipinski definition) is 3. The summed E-state index contributed by atoms with van der Waals surface area (Å²) in [7, 11) is 0. The van der Waals surface area contributed by atoms with Crippen molar-refractivity contribution in [1.82, 2.24) is 25.1 Å². The van der Waals surface area contributed by atoms with E-state index in [0.29, 0.717) is 30.2 Å². The summed E-state index contributed by atoms with van der Waals surface area (Å²) in [6.07, 6.45) is 7.10. The van der Waals surface area contributed by atoms with Gasteiger partial charge in [-0.2, -0.15) is 0 Å². The molecule has 40 heavy (non-hydrogen) atoms. The molecule has 0 aliphatic carbocycles. The molecule has 3 saturated heterocycles. The summed E-state index contributed by atoms with van der Waals surface area (Å²) in [6.45, 7) is 4.22. The monoisotopic (exact) mass is 530 g/mol. The summed E-state index contributed by atoms with van der Waals surface area (Å²) in [6, 6.07) is 25.4. The summed E-state index contributed by atoms with van der Waals surface area (Å²) in [5.41, 5.74) is 6.87. The molecule has 4 aliphatic rings. The second-order valence-electron chi connectivity index (χ2n) is 12.4. The van der Waals surface area contributed by atoms with Gasteiger partial charge < -0.3 is 25.1 Å². The number of hydrogen-bond acceptors (Lipinski definition) is 4. The van der Waals surface area contributed by atoms with Crippen LogP contribution >= 0.6 is 0 Å². The molecule has 3 N–H and O–H groups in total. The van der Waals surface area contributed by atoms with Gasteiger partial charge in [-0.3, -0.25) is 4.99 Å². The molecule has 9 rings (SSSR count). The topological polar surface area (TPSA) is 58.3 Å². The van der Waals surface area contributed by atoms with Crippen LogP contribution in [0.2, 0.25) is 0 Å². The molecule has 5 unspecified atom stereocenters. The number of aromatic nitrogens is 2. The zero-order valence-electron chi connectivity index (χ0n) is 23.1. The molecule has 6 heteroatoms. The molecule has 5 aromatic rings. The molecule has 0 saturated carbocycles. The van der Waals surface area contributed by atoms with Crippen molar-refractivity contribution < 1.29 is 0 Å². The number of fused-ring (bicyclic) bond motifs is 9. The normalized spacial score (nSPS) is 29.1. The minimum absolute atomic E-state index is 0.336. The van der Waals surface area contributed by atoms with Crippen molar-refractivity contribution in [2.75, 3.05) is 26.2 Å². The highest BCUT2D eigenvalue weighted by Crippen LogP contribution is 2.45. The number of aliphatic imine (C=N–C) groups is 1. The van der Waals surface area contributed by atoms with Crippen LogP contribution in [0.5, 0.6) is 0 Å². The van der Waals surface area contributed by atoms with Gasteiger partial charge in [0.25, 0.3) is 0 Å². The van der Waals surface area contributed by atoms with Crippen molar-refractivity contribution >= 4 is 49.3 Å². The summed E-state index contributed by atoms with van der Waals surface area (Å²) in [5, 5.41) is 17.2. The van der Waals surface area contributed by atoms with Crippen molar-refractivity contribution in [3.63, 3.8) is 0 Å². The Hall–Kier alpha value is -3.19. The number of benzene rings is 3. The molecule has 0 bridgehead atoms. The van der Waals surface area contributed by atoms with Crippen LogP contribution in [0.4, 0.5) is 0 Å². The predicted molar refractivity (Wildman–Crippen MR) is 166 cm³/mol. The maximum atomic E-state index is 4.98. The molecule has 3 fully saturated rings. The number of nitrogens with one attached hydrogen (secondary N) is 3. The molecule has 2 aromatic heterocycles. The Bertz CT molecular complexity index is 1790. The van der Waals surface area contributed by atoms with Gasteiger partial charge in [0.1, 0.15) is 0 Å². The van der Waals surface area contributed by atoms with Crippen LogP contribution in [-0.4, -0.2) is 59.2 Å². The van der Waals surface area contributed by atoms with E-state index in [-0.39, 0.29) is 0 Å². The Balaban J connectivity index is 1.33. The summed E-state index contributed by atoms with van der Waals surface area (Å²) in [5.74, 6) is 0. The lowest BCUT2D eigenvalue weighted by molar-refractivity contribution is 0.189. The fourth-order valence-electron chi connectivity index (χ4n) is 8.84. The largest absolute Gasteiger partial charge is 0.336 e. The third-order valence-electron chi connectivity index (χ3n) is 10.4. The van der Waals surface area contributed by atoms with Crippen LogP contribution in [0, 0.1) is 0 Å². The van der Waals surface area contributed by atoms with Crippen LogP contribution in [-0.2, 0) is 0 Å². The maximum Gasteiger partial charge on any atom is 0.0662 e. The SMILES string of the molecule is c1ccc2c(c1)c1c3c4ccccc4n(C4CCNC5CCCNC54)c3ccc1n2C1CCN=C2CCCNC21. The molecule has 0 amide bonds. The Labute approximate surface area is 234 Å². The van der Waals surface area contributed by atoms with Gasteiger partial charge in [0, 0.05) is 56.9 Å². The Kier molecular flexibility index (Phi) is 5.39. The third kappa shape index (κ3) is 3.30. The molecule has 0 spiro atoms. The van der Waals surface area contributed by atoms with E-state index in [1.54, 1.807) is 0 Å². The molecular formula is C34H38N6. The highest BCUT2D eigenvalue weighted by atomic mass is 15.2. The van der Waals surface area contributed by atoms with Gasteiger partial charge in [0.05, 0.1) is 29.2 Å². The fourth-order valence-corrected chi connectivity index (χ4v) is 8.84. The lowest BCUT2D eigenvalue weighted by atomic mass is 9.87. The smallest absolute Gasteiger partial charge is 0.0662 e. The van der Waals surface area contributed by atoms with Crippen LogP contribution in [0.1, 0.15) is 50.6 Å². The summed E-state index contributed by atoms with van der Waals surface area (Å²) in [4.78, 5) is 4.98. The lowest BCUT2D eigenvalue weighted by Gasteiger charge is -2.43. The summed E-state index contributed by atoms with van der Waals surface area (Å²) < 4.78 is 5.39. The Morgan fingerprint density at radius 3 is 2.10 bits per heavy atom.